The van der Waals surface area contributed by atoms with Crippen LogP contribution in [0.25, 0.3) is 0 Å². The lowest BCUT2D eigenvalue weighted by Gasteiger charge is -2.06. The number of aromatic nitrogens is 1. The number of rotatable bonds is 3. The van der Waals surface area contributed by atoms with Gasteiger partial charge in [0.25, 0.3) is 0 Å². The Morgan fingerprint density at radius 1 is 1.38 bits per heavy atom. The summed E-state index contributed by atoms with van der Waals surface area (Å²) in [6.45, 7) is 2.41. The van der Waals surface area contributed by atoms with Gasteiger partial charge in [0, 0.05) is 19.3 Å². The van der Waals surface area contributed by atoms with Gasteiger partial charge < -0.3 is 15.2 Å². The van der Waals surface area contributed by atoms with Crippen LogP contribution in [0, 0.1) is 0 Å². The van der Waals surface area contributed by atoms with Crippen LogP contribution in [-0.2, 0) is 24.5 Å². The number of benzene rings is 1. The number of nitrogens with zero attached hydrogens (tertiary/aromatic N) is 1. The largest absolute Gasteiger partial charge is 0.490 e. The van der Waals surface area contributed by atoms with E-state index in [4.69, 9.17) is 26.2 Å². The first-order valence-corrected chi connectivity index (χ1v) is 7.81. The molecule has 2 heterocycles. The zero-order chi connectivity index (χ0) is 17.7. The summed E-state index contributed by atoms with van der Waals surface area (Å²) < 4.78 is 38.0. The smallest absolute Gasteiger partial charge is 0.488 e. The minimum Gasteiger partial charge on any atom is -0.488 e. The Hall–Kier alpha value is -1.84. The van der Waals surface area contributed by atoms with Crippen molar-refractivity contribution in [2.45, 2.75) is 25.9 Å². The van der Waals surface area contributed by atoms with Gasteiger partial charge >= 0.3 is 12.1 Å². The van der Waals surface area contributed by atoms with Gasteiger partial charge in [-0.2, -0.15) is 13.2 Å². The highest BCUT2D eigenvalue weighted by Crippen LogP contribution is 2.24. The summed E-state index contributed by atoms with van der Waals surface area (Å²) >= 11 is 7.21. The molecular formula is C14H12ClF3N2O3S. The van der Waals surface area contributed by atoms with Gasteiger partial charge in [-0.1, -0.05) is 17.7 Å². The highest BCUT2D eigenvalue weighted by atomic mass is 35.5. The lowest BCUT2D eigenvalue weighted by molar-refractivity contribution is -0.192. The second-order valence-corrected chi connectivity index (χ2v) is 6.40. The van der Waals surface area contributed by atoms with Crippen molar-refractivity contribution in [3.05, 3.63) is 44.9 Å². The molecule has 2 aromatic rings. The second-order valence-electron chi connectivity index (χ2n) is 4.71. The van der Waals surface area contributed by atoms with Crippen molar-refractivity contribution >= 4 is 28.9 Å². The number of carboxylic acids is 1. The molecule has 0 fully saturated rings. The molecule has 0 bridgehead atoms. The van der Waals surface area contributed by atoms with Crippen LogP contribution in [0.4, 0.5) is 13.2 Å². The van der Waals surface area contributed by atoms with Crippen LogP contribution in [0.5, 0.6) is 5.75 Å². The van der Waals surface area contributed by atoms with Gasteiger partial charge in [-0.3, -0.25) is 0 Å². The molecule has 0 spiro atoms. The fraction of sp³-hybridized carbons (Fsp3) is 0.286. The molecule has 0 aliphatic carbocycles. The Morgan fingerprint density at radius 3 is 2.62 bits per heavy atom. The summed E-state index contributed by atoms with van der Waals surface area (Å²) in [5, 5.41) is 10.4. The normalized spacial score (nSPS) is 13.0. The molecule has 130 valence electrons. The van der Waals surface area contributed by atoms with E-state index >= 15 is 0 Å². The molecule has 3 rings (SSSR count). The maximum Gasteiger partial charge on any atom is 0.490 e. The van der Waals surface area contributed by atoms with Crippen LogP contribution in [0.3, 0.4) is 0 Å². The Balaban J connectivity index is 0.000000256. The predicted molar refractivity (Wildman–Crippen MR) is 82.1 cm³/mol. The minimum atomic E-state index is -5.08. The molecule has 0 radical (unpaired) electrons. The number of alkyl halides is 3. The van der Waals surface area contributed by atoms with Gasteiger partial charge in [-0.05, 0) is 23.3 Å². The van der Waals surface area contributed by atoms with Gasteiger partial charge in [0.1, 0.15) is 12.4 Å². The number of ether oxygens (including phenoxy) is 1. The summed E-state index contributed by atoms with van der Waals surface area (Å²) in [5.41, 5.74) is 2.68. The fourth-order valence-electron chi connectivity index (χ4n) is 1.87. The van der Waals surface area contributed by atoms with E-state index in [1.165, 1.54) is 22.5 Å². The number of halogens is 4. The van der Waals surface area contributed by atoms with E-state index in [1.807, 2.05) is 6.07 Å². The van der Waals surface area contributed by atoms with Crippen LogP contribution >= 0.6 is 22.9 Å². The Morgan fingerprint density at radius 2 is 2.04 bits per heavy atom. The van der Waals surface area contributed by atoms with E-state index in [-0.39, 0.29) is 0 Å². The summed E-state index contributed by atoms with van der Waals surface area (Å²) in [7, 11) is 0. The van der Waals surface area contributed by atoms with Crippen LogP contribution in [0.1, 0.15) is 16.0 Å². The first kappa shape index (κ1) is 18.5. The molecule has 2 N–H and O–H groups in total. The molecule has 10 heteroatoms. The summed E-state index contributed by atoms with van der Waals surface area (Å²) in [4.78, 5) is 13.9. The molecule has 1 aromatic carbocycles. The summed E-state index contributed by atoms with van der Waals surface area (Å²) in [5.74, 6) is -1.86. The van der Waals surface area contributed by atoms with Crippen LogP contribution in [-0.4, -0.2) is 22.2 Å². The van der Waals surface area contributed by atoms with E-state index in [0.717, 1.165) is 23.7 Å². The quantitative estimate of drug-likeness (QED) is 0.851. The topological polar surface area (TPSA) is 71.5 Å². The number of hydrogen-bond acceptors (Lipinski definition) is 5. The molecule has 0 amide bonds. The number of hydrogen-bond donors (Lipinski definition) is 2. The lowest BCUT2D eigenvalue weighted by atomic mass is 10.1. The third-order valence-electron chi connectivity index (χ3n) is 2.96. The molecule has 24 heavy (non-hydrogen) atoms. The van der Waals surface area contributed by atoms with Crippen molar-refractivity contribution in [2.75, 3.05) is 0 Å². The number of carboxylic acid groups (broad SMARTS) is 1. The first-order chi connectivity index (χ1) is 11.3. The number of carbonyl (C=O) groups is 1. The Kier molecular flexibility index (Phi) is 6.03. The summed E-state index contributed by atoms with van der Waals surface area (Å²) in [6, 6.07) is 6.22. The number of nitrogens with one attached hydrogen (secondary N) is 1. The molecular weight excluding hydrogens is 369 g/mol. The van der Waals surface area contributed by atoms with E-state index in [2.05, 4.69) is 22.4 Å². The third kappa shape index (κ3) is 5.36. The predicted octanol–water partition coefficient (Wildman–Crippen LogP) is 3.61. The van der Waals surface area contributed by atoms with Gasteiger partial charge in [0.05, 0.1) is 4.88 Å². The van der Waals surface area contributed by atoms with Crippen molar-refractivity contribution in [3.8, 4) is 5.75 Å². The SMILES string of the molecule is Clc1ncc(COc2ccc3c(c2)CNC3)s1.O=C(O)C(F)(F)F. The average Bonchev–Trinajstić information content (AvgIpc) is 3.12. The summed E-state index contributed by atoms with van der Waals surface area (Å²) in [6.07, 6.45) is -3.33. The molecule has 1 aliphatic rings. The van der Waals surface area contributed by atoms with Crippen LogP contribution < -0.4 is 10.1 Å². The van der Waals surface area contributed by atoms with E-state index in [9.17, 15) is 13.2 Å². The number of aliphatic carboxylic acids is 1. The van der Waals surface area contributed by atoms with Gasteiger partial charge in [0.15, 0.2) is 4.47 Å². The lowest BCUT2D eigenvalue weighted by Crippen LogP contribution is -2.21. The Labute approximate surface area is 144 Å². The van der Waals surface area contributed by atoms with E-state index < -0.39 is 12.1 Å². The fourth-order valence-corrected chi connectivity index (χ4v) is 2.76. The molecule has 0 unspecified atom stereocenters. The standard InChI is InChI=1S/C12H11ClN2OS.C2HF3O2/c13-12-15-6-11(17-12)7-16-10-2-1-8-4-14-5-9(8)3-10;3-2(4,5)1(6)7/h1-3,6,14H,4-5,7H2;(H,6,7). The zero-order valence-corrected chi connectivity index (χ0v) is 13.6. The van der Waals surface area contributed by atoms with E-state index in [1.54, 1.807) is 6.20 Å². The first-order valence-electron chi connectivity index (χ1n) is 6.61. The number of fused-ring (bicyclic) bond motifs is 1. The monoisotopic (exact) mass is 380 g/mol. The maximum atomic E-state index is 10.6. The molecule has 0 saturated carbocycles. The van der Waals surface area contributed by atoms with Gasteiger partial charge in [-0.25, -0.2) is 9.78 Å². The molecule has 1 aliphatic heterocycles. The van der Waals surface area contributed by atoms with Crippen molar-refractivity contribution in [1.29, 1.82) is 0 Å². The van der Waals surface area contributed by atoms with E-state index in [0.29, 0.717) is 11.1 Å². The maximum absolute atomic E-state index is 10.6. The van der Waals surface area contributed by atoms with Crippen molar-refractivity contribution in [1.82, 2.24) is 10.3 Å². The molecule has 0 saturated heterocycles. The van der Waals surface area contributed by atoms with Gasteiger partial charge in [-0.15, -0.1) is 11.3 Å². The number of thiazole rings is 1. The van der Waals surface area contributed by atoms with Gasteiger partial charge in [0.2, 0.25) is 0 Å². The van der Waals surface area contributed by atoms with Crippen LogP contribution in [0.15, 0.2) is 24.4 Å². The van der Waals surface area contributed by atoms with Crippen molar-refractivity contribution in [3.63, 3.8) is 0 Å². The minimum absolute atomic E-state index is 0.524. The molecule has 5 nitrogen and oxygen atoms in total. The Bertz CT molecular complexity index is 722. The molecule has 1 aromatic heterocycles. The highest BCUT2D eigenvalue weighted by molar-refractivity contribution is 7.15. The molecule has 0 atom stereocenters. The highest BCUT2D eigenvalue weighted by Gasteiger charge is 2.38. The average molecular weight is 381 g/mol. The second kappa shape index (κ2) is 7.82. The van der Waals surface area contributed by atoms with Crippen molar-refractivity contribution in [2.24, 2.45) is 0 Å². The third-order valence-corrected chi connectivity index (χ3v) is 4.05. The zero-order valence-electron chi connectivity index (χ0n) is 12.1. The van der Waals surface area contributed by atoms with Crippen molar-refractivity contribution < 1.29 is 27.8 Å². The van der Waals surface area contributed by atoms with Crippen LogP contribution in [0.2, 0.25) is 4.47 Å².